The van der Waals surface area contributed by atoms with Crippen molar-refractivity contribution in [2.75, 3.05) is 39.4 Å². The van der Waals surface area contributed by atoms with Gasteiger partial charge in [0.15, 0.2) is 0 Å². The van der Waals surface area contributed by atoms with E-state index in [1.807, 2.05) is 41.3 Å². The zero-order valence-electron chi connectivity index (χ0n) is 15.8. The number of fused-ring (bicyclic) bond motifs is 1. The summed E-state index contributed by atoms with van der Waals surface area (Å²) in [4.78, 5) is 22.2. The maximum Gasteiger partial charge on any atom is 0.272 e. The zero-order valence-corrected chi connectivity index (χ0v) is 15.8. The third kappa shape index (κ3) is 3.03. The summed E-state index contributed by atoms with van der Waals surface area (Å²) in [6, 6.07) is 12.5. The van der Waals surface area contributed by atoms with E-state index < -0.39 is 0 Å². The van der Waals surface area contributed by atoms with Gasteiger partial charge in [-0.05, 0) is 43.2 Å². The topological polar surface area (TPSA) is 45.7 Å². The summed E-state index contributed by atoms with van der Waals surface area (Å²) < 4.78 is 5.52. The van der Waals surface area contributed by atoms with Crippen LogP contribution in [0.2, 0.25) is 0 Å². The van der Waals surface area contributed by atoms with Gasteiger partial charge in [0.25, 0.3) is 5.91 Å². The van der Waals surface area contributed by atoms with Gasteiger partial charge < -0.3 is 9.64 Å². The molecule has 0 radical (unpaired) electrons. The molecular weight excluding hydrogens is 338 g/mol. The fraction of sp³-hybridized carbons (Fsp3) is 0.545. The normalized spacial score (nSPS) is 25.5. The molecule has 1 aromatic heterocycles. The molecule has 0 N–H and O–H groups in total. The van der Waals surface area contributed by atoms with Crippen LogP contribution in [0.15, 0.2) is 36.4 Å². The molecule has 0 bridgehead atoms. The summed E-state index contributed by atoms with van der Waals surface area (Å²) in [5.74, 6) is 0.0813. The minimum absolute atomic E-state index is 0.0813. The lowest BCUT2D eigenvalue weighted by molar-refractivity contribution is -0.0937. The summed E-state index contributed by atoms with van der Waals surface area (Å²) in [6.45, 7) is 5.57. The Hall–Kier alpha value is -1.98. The Balaban J connectivity index is 1.26. The van der Waals surface area contributed by atoms with Gasteiger partial charge in [0, 0.05) is 37.6 Å². The lowest BCUT2D eigenvalue weighted by atomic mass is 9.58. The van der Waals surface area contributed by atoms with Crippen LogP contribution in [-0.2, 0) is 4.74 Å². The summed E-state index contributed by atoms with van der Waals surface area (Å²) in [5, 5.41) is 1.08. The molecule has 5 nitrogen and oxygen atoms in total. The minimum Gasteiger partial charge on any atom is -0.379 e. The van der Waals surface area contributed by atoms with Crippen LogP contribution in [-0.4, -0.2) is 66.1 Å². The Morgan fingerprint density at radius 2 is 1.78 bits per heavy atom. The number of nitrogens with zero attached hydrogens (tertiary/aromatic N) is 3. The molecule has 1 atom stereocenters. The van der Waals surface area contributed by atoms with E-state index in [0.29, 0.717) is 17.2 Å². The standard InChI is InChI=1S/C22H27N3O2/c26-21(19-6-5-17-3-1-2-4-18(17)23-19)25-11-9-22(10-12-25)8-7-20(22)24-13-15-27-16-14-24/h1-6,20H,7-16H2. The number of rotatable bonds is 2. The molecule has 1 aromatic carbocycles. The second kappa shape index (κ2) is 6.88. The minimum atomic E-state index is 0.0813. The van der Waals surface area contributed by atoms with Crippen LogP contribution in [0.25, 0.3) is 10.9 Å². The van der Waals surface area contributed by atoms with Crippen molar-refractivity contribution >= 4 is 16.8 Å². The Morgan fingerprint density at radius 3 is 2.52 bits per heavy atom. The molecule has 1 saturated carbocycles. The van der Waals surface area contributed by atoms with Crippen molar-refractivity contribution in [3.63, 3.8) is 0 Å². The molecular formula is C22H27N3O2. The maximum absolute atomic E-state index is 13.0. The largest absolute Gasteiger partial charge is 0.379 e. The predicted octanol–water partition coefficient (Wildman–Crippen LogP) is 2.95. The number of piperidine rings is 1. The highest BCUT2D eigenvalue weighted by atomic mass is 16.5. The number of morpholine rings is 1. The van der Waals surface area contributed by atoms with Crippen LogP contribution in [0.1, 0.15) is 36.2 Å². The molecule has 5 heteroatoms. The van der Waals surface area contributed by atoms with Crippen LogP contribution < -0.4 is 0 Å². The van der Waals surface area contributed by atoms with E-state index in [4.69, 9.17) is 4.74 Å². The highest BCUT2D eigenvalue weighted by molar-refractivity contribution is 5.95. The summed E-state index contributed by atoms with van der Waals surface area (Å²) in [7, 11) is 0. The van der Waals surface area contributed by atoms with E-state index in [2.05, 4.69) is 9.88 Å². The Kier molecular flexibility index (Phi) is 4.37. The number of ether oxygens (including phenoxy) is 1. The first-order valence-corrected chi connectivity index (χ1v) is 10.2. The average molecular weight is 365 g/mol. The number of likely N-dealkylation sites (tertiary alicyclic amines) is 1. The van der Waals surface area contributed by atoms with Crippen molar-refractivity contribution in [2.45, 2.75) is 31.7 Å². The number of pyridine rings is 1. The number of carbonyl (C=O) groups is 1. The first-order chi connectivity index (χ1) is 13.3. The van der Waals surface area contributed by atoms with E-state index in [-0.39, 0.29) is 5.91 Å². The second-order valence-corrected chi connectivity index (χ2v) is 8.25. The van der Waals surface area contributed by atoms with Crippen molar-refractivity contribution in [3.8, 4) is 0 Å². The van der Waals surface area contributed by atoms with Crippen LogP contribution in [0, 0.1) is 5.41 Å². The second-order valence-electron chi connectivity index (χ2n) is 8.25. The van der Waals surface area contributed by atoms with Gasteiger partial charge >= 0.3 is 0 Å². The van der Waals surface area contributed by atoms with Crippen molar-refractivity contribution in [1.29, 1.82) is 0 Å². The first-order valence-electron chi connectivity index (χ1n) is 10.2. The third-order valence-corrected chi connectivity index (χ3v) is 6.97. The molecule has 1 spiro atoms. The quantitative estimate of drug-likeness (QED) is 0.821. The first kappa shape index (κ1) is 17.1. The monoisotopic (exact) mass is 365 g/mol. The van der Waals surface area contributed by atoms with Gasteiger partial charge in [-0.3, -0.25) is 9.69 Å². The molecule has 2 saturated heterocycles. The van der Waals surface area contributed by atoms with Crippen LogP contribution in [0.3, 0.4) is 0 Å². The van der Waals surface area contributed by atoms with Gasteiger partial charge in [0.05, 0.1) is 18.7 Å². The van der Waals surface area contributed by atoms with Crippen LogP contribution >= 0.6 is 0 Å². The molecule has 2 aliphatic heterocycles. The highest BCUT2D eigenvalue weighted by Gasteiger charge is 2.51. The van der Waals surface area contributed by atoms with Gasteiger partial charge in [-0.15, -0.1) is 0 Å². The average Bonchev–Trinajstić information content (AvgIpc) is 2.73. The van der Waals surface area contributed by atoms with Gasteiger partial charge in [-0.1, -0.05) is 24.3 Å². The van der Waals surface area contributed by atoms with Crippen LogP contribution in [0.4, 0.5) is 0 Å². The fourth-order valence-electron chi connectivity index (χ4n) is 5.23. The molecule has 5 rings (SSSR count). The van der Waals surface area contributed by atoms with Crippen molar-refractivity contribution < 1.29 is 9.53 Å². The van der Waals surface area contributed by atoms with Crippen molar-refractivity contribution in [2.24, 2.45) is 5.41 Å². The van der Waals surface area contributed by atoms with Crippen molar-refractivity contribution in [3.05, 3.63) is 42.1 Å². The molecule has 3 fully saturated rings. The van der Waals surface area contributed by atoms with Gasteiger partial charge in [0.2, 0.25) is 0 Å². The Bertz CT molecular complexity index is 838. The summed E-state index contributed by atoms with van der Waals surface area (Å²) >= 11 is 0. The molecule has 3 heterocycles. The Morgan fingerprint density at radius 1 is 1.00 bits per heavy atom. The molecule has 2 aromatic rings. The number of hydrogen-bond donors (Lipinski definition) is 0. The molecule has 1 unspecified atom stereocenters. The molecule has 3 aliphatic rings. The van der Waals surface area contributed by atoms with Gasteiger partial charge in [0.1, 0.15) is 5.69 Å². The fourth-order valence-corrected chi connectivity index (χ4v) is 5.23. The SMILES string of the molecule is O=C(c1ccc2ccccc2n1)N1CCC2(CCC2N2CCOCC2)CC1. The number of hydrogen-bond acceptors (Lipinski definition) is 4. The van der Waals surface area contributed by atoms with Crippen LogP contribution in [0.5, 0.6) is 0 Å². The lowest BCUT2D eigenvalue weighted by Gasteiger charge is -2.58. The van der Waals surface area contributed by atoms with Gasteiger partial charge in [-0.25, -0.2) is 4.98 Å². The Labute approximate surface area is 160 Å². The number of para-hydroxylation sites is 1. The number of carbonyl (C=O) groups excluding carboxylic acids is 1. The van der Waals surface area contributed by atoms with E-state index in [9.17, 15) is 4.79 Å². The van der Waals surface area contributed by atoms with E-state index in [1.54, 1.807) is 0 Å². The van der Waals surface area contributed by atoms with E-state index in [0.717, 1.165) is 63.1 Å². The van der Waals surface area contributed by atoms with Gasteiger partial charge in [-0.2, -0.15) is 0 Å². The number of amides is 1. The molecule has 1 aliphatic carbocycles. The van der Waals surface area contributed by atoms with Crippen molar-refractivity contribution in [1.82, 2.24) is 14.8 Å². The number of benzene rings is 1. The molecule has 142 valence electrons. The summed E-state index contributed by atoms with van der Waals surface area (Å²) in [5.41, 5.74) is 1.89. The maximum atomic E-state index is 13.0. The molecule has 27 heavy (non-hydrogen) atoms. The van der Waals surface area contributed by atoms with E-state index >= 15 is 0 Å². The zero-order chi connectivity index (χ0) is 18.3. The third-order valence-electron chi connectivity index (χ3n) is 6.97. The summed E-state index contributed by atoms with van der Waals surface area (Å²) in [6.07, 6.45) is 4.86. The predicted molar refractivity (Wildman–Crippen MR) is 105 cm³/mol. The van der Waals surface area contributed by atoms with E-state index in [1.165, 1.54) is 12.8 Å². The molecule has 1 amide bonds. The lowest BCUT2D eigenvalue weighted by Crippen LogP contribution is -2.61. The highest BCUT2D eigenvalue weighted by Crippen LogP contribution is 2.51. The smallest absolute Gasteiger partial charge is 0.272 e. The number of aromatic nitrogens is 1.